The topological polar surface area (TPSA) is 506 Å². The van der Waals surface area contributed by atoms with E-state index in [0.717, 1.165) is 32.5 Å². The lowest BCUT2D eigenvalue weighted by Crippen LogP contribution is -2.61. The number of aliphatic imine (C=N–C) groups is 2. The Labute approximate surface area is 629 Å². The second-order valence-electron chi connectivity index (χ2n) is 27.1. The van der Waals surface area contributed by atoms with Gasteiger partial charge in [-0.25, -0.2) is 9.97 Å². The summed E-state index contributed by atoms with van der Waals surface area (Å²) >= 11 is 1.20. The maximum absolute atomic E-state index is 15.7. The third-order valence-corrected chi connectivity index (χ3v) is 22.6. The third kappa shape index (κ3) is 24.0. The van der Waals surface area contributed by atoms with Gasteiger partial charge in [-0.3, -0.25) is 72.3 Å². The molecule has 0 unspecified atom stereocenters. The minimum Gasteiger partial charge on any atom is -0.481 e. The molecule has 5 aromatic rings. The number of Topliss-reactive ketones (excluding diaryl/α,β-unsaturated/α-hetero) is 4. The lowest BCUT2D eigenvalue weighted by molar-refractivity contribution is -0.142. The van der Waals surface area contributed by atoms with Crippen molar-refractivity contribution in [3.8, 4) is 0 Å². The molecule has 3 aromatic heterocycles. The van der Waals surface area contributed by atoms with Crippen LogP contribution in [0.15, 0.2) is 108 Å². The van der Waals surface area contributed by atoms with Crippen LogP contribution in [0, 0.1) is 23.7 Å². The summed E-state index contributed by atoms with van der Waals surface area (Å²) in [6.07, 6.45) is 7.37. The van der Waals surface area contributed by atoms with Crippen LogP contribution in [0.25, 0.3) is 10.9 Å². The molecule has 4 aliphatic heterocycles. The molecule has 0 aliphatic carbocycles. The van der Waals surface area contributed by atoms with Crippen LogP contribution in [-0.4, -0.2) is 208 Å². The highest BCUT2D eigenvalue weighted by atomic mass is 33.1. The Bertz CT molecular complexity index is 4080. The third-order valence-electron chi connectivity index (χ3n) is 19.1. The normalized spacial score (nSPS) is 25.7. The van der Waals surface area contributed by atoms with Gasteiger partial charge in [0.1, 0.15) is 59.6 Å². The molecule has 17 N–H and O–H groups in total. The molecule has 0 radical (unpaired) electrons. The molecule has 3 fully saturated rings. The first-order valence-corrected chi connectivity index (χ1v) is 39.2. The van der Waals surface area contributed by atoms with Crippen molar-refractivity contribution in [1.29, 1.82) is 0 Å². The van der Waals surface area contributed by atoms with Gasteiger partial charge in [-0.15, -0.1) is 11.8 Å². The first-order valence-electron chi connectivity index (χ1n) is 35.6. The number of aliphatic carboxylic acids is 1. The van der Waals surface area contributed by atoms with E-state index in [4.69, 9.17) is 17.2 Å². The summed E-state index contributed by atoms with van der Waals surface area (Å²) in [6, 6.07) is 4.43. The maximum atomic E-state index is 15.7. The number of nitrogens with one attached hydrogen (secondary N) is 10. The van der Waals surface area contributed by atoms with Gasteiger partial charge in [0.05, 0.1) is 30.5 Å². The van der Waals surface area contributed by atoms with Crippen molar-refractivity contribution in [2.24, 2.45) is 50.9 Å². The summed E-state index contributed by atoms with van der Waals surface area (Å²) in [5.74, 6) is -16.1. The number of para-hydroxylation sites is 1. The van der Waals surface area contributed by atoms with Gasteiger partial charge >= 0.3 is 5.97 Å². The Kier molecular flexibility index (Phi) is 30.4. The number of hydrogen-bond acceptors (Lipinski definition) is 21. The van der Waals surface area contributed by atoms with Gasteiger partial charge in [0, 0.05) is 159 Å². The highest BCUT2D eigenvalue weighted by Crippen LogP contribution is 2.33. The zero-order chi connectivity index (χ0) is 76.5. The molecule has 4 aliphatic rings. The predicted octanol–water partition coefficient (Wildman–Crippen LogP) is 1.32. The molecule has 12 atom stereocenters. The molecule has 0 saturated carbocycles. The fraction of sp³-hybridized carbons (Fsp3) is 0.486. The van der Waals surface area contributed by atoms with E-state index in [1.165, 1.54) is 48.6 Å². The van der Waals surface area contributed by atoms with Crippen LogP contribution >= 0.6 is 33.3 Å². The number of carboxylic acid groups (broad SMARTS) is 1. The standard InChI is InChI=1S/C72H92N18O14S3/c1-40-22-60(92)45-28-61(93)42(24-44-31-80-50-14-6-5-13-49(44)50)26-62(94)54(29-46-12-8-20-78-46)86-68(101)55(23-41-10-3-2-4-11-41)87-69(102)56(30-48-33-77-38-82-48)88-70(103)58-36-105-39-90(58)71(104)57(35-107-106-34-45)89-66(99)52(16-9-21-79-72(74)75)85-65(98)51(15-7-19-73)84-67(100)53(17-18-63(95)96)83-64(97)43(27-59(40)91)25-47-32-76-37-81-47/h2-6,10-14,20,31-33,37-38,40,42-43,45,51-58,80H,7-9,15-19,21-30,34-36,39,73H2,1H3,(H,76,81)(H,77,82)(H,83,97)(H,84,100)(H,85,98)(H,86,101)(H,87,102)(H,88,103)(H,89,99)(H,95,96)(H4,74,75,79)/t40-,42-,43-,45+,51+,52+,53+,54+,55-,56+,57+,58+/m1/s1. The minimum absolute atomic E-state index is 0.00134. The van der Waals surface area contributed by atoms with E-state index in [1.54, 1.807) is 48.8 Å². The minimum atomic E-state index is -1.63. The van der Waals surface area contributed by atoms with Crippen molar-refractivity contribution in [3.63, 3.8) is 0 Å². The Balaban J connectivity index is 1.16. The highest BCUT2D eigenvalue weighted by Gasteiger charge is 2.43. The summed E-state index contributed by atoms with van der Waals surface area (Å²) in [5.41, 5.74) is 20.6. The molecular formula is C72H92N18O14S3. The number of nitrogens with zero attached hydrogens (tertiary/aromatic N) is 5. The number of rotatable bonds is 20. The highest BCUT2D eigenvalue weighted by molar-refractivity contribution is 8.76. The van der Waals surface area contributed by atoms with E-state index >= 15 is 38.4 Å². The van der Waals surface area contributed by atoms with Gasteiger partial charge in [-0.2, -0.15) is 0 Å². The smallest absolute Gasteiger partial charge is 0.303 e. The van der Waals surface area contributed by atoms with Gasteiger partial charge < -0.3 is 79.4 Å². The number of aromatic nitrogens is 5. The first-order chi connectivity index (χ1) is 51.5. The van der Waals surface area contributed by atoms with Crippen molar-refractivity contribution in [3.05, 3.63) is 120 Å². The number of carboxylic acids is 1. The molecule has 8 amide bonds. The monoisotopic (exact) mass is 1530 g/mol. The number of benzene rings is 2. The summed E-state index contributed by atoms with van der Waals surface area (Å²) in [7, 11) is 2.09. The van der Waals surface area contributed by atoms with Gasteiger partial charge in [-0.1, -0.05) is 83.1 Å². The Hall–Kier alpha value is -10.0. The molecule has 107 heavy (non-hydrogen) atoms. The van der Waals surface area contributed by atoms with Crippen LogP contribution in [0.3, 0.4) is 0 Å². The Morgan fingerprint density at radius 3 is 1.87 bits per heavy atom. The first kappa shape index (κ1) is 81.1. The van der Waals surface area contributed by atoms with E-state index in [0.29, 0.717) is 34.6 Å². The zero-order valence-corrected chi connectivity index (χ0v) is 61.6. The quantitative estimate of drug-likeness (QED) is 0.0226. The van der Waals surface area contributed by atoms with Crippen LogP contribution in [0.4, 0.5) is 0 Å². The number of ketones is 4. The fourth-order valence-corrected chi connectivity index (χ4v) is 16.7. The average Bonchev–Trinajstić information content (AvgIpc) is 1.72. The van der Waals surface area contributed by atoms with Crippen LogP contribution < -0.4 is 54.4 Å². The Morgan fingerprint density at radius 2 is 1.20 bits per heavy atom. The number of H-pyrrole nitrogens is 3. The summed E-state index contributed by atoms with van der Waals surface area (Å²) < 4.78 is 0. The van der Waals surface area contributed by atoms with E-state index in [9.17, 15) is 29.1 Å². The van der Waals surface area contributed by atoms with Crippen LogP contribution in [0.1, 0.15) is 106 Å². The number of carbonyl (C=O) groups excluding carboxylic acids is 12. The van der Waals surface area contributed by atoms with Crippen molar-refractivity contribution in [1.82, 2.24) is 67.0 Å². The number of nitrogens with two attached hydrogens (primary N) is 3. The van der Waals surface area contributed by atoms with Gasteiger partial charge in [0.25, 0.3) is 0 Å². The number of carbonyl (C=O) groups is 13. The average molecular weight is 1530 g/mol. The zero-order valence-electron chi connectivity index (χ0n) is 59.2. The number of amides is 8. The van der Waals surface area contributed by atoms with E-state index in [1.807, 2.05) is 24.3 Å². The molecule has 2 bridgehead atoms. The second kappa shape index (κ2) is 40.1. The number of guanidine groups is 1. The molecule has 7 heterocycles. The van der Waals surface area contributed by atoms with Gasteiger partial charge in [-0.05, 0) is 62.3 Å². The number of hydrogen-bond donors (Lipinski definition) is 14. The maximum Gasteiger partial charge on any atom is 0.303 e. The van der Waals surface area contributed by atoms with Crippen molar-refractivity contribution in [2.75, 3.05) is 36.2 Å². The molecular weight excluding hydrogens is 1440 g/mol. The van der Waals surface area contributed by atoms with Crippen molar-refractivity contribution in [2.45, 2.75) is 158 Å². The van der Waals surface area contributed by atoms with Crippen LogP contribution in [0.5, 0.6) is 0 Å². The second-order valence-corrected chi connectivity index (χ2v) is 30.6. The number of thioether (sulfide) groups is 1. The number of aromatic amines is 3. The molecule has 32 nitrogen and oxygen atoms in total. The van der Waals surface area contributed by atoms with E-state index < -0.39 is 187 Å². The summed E-state index contributed by atoms with van der Waals surface area (Å²) in [4.78, 5) is 221. The summed E-state index contributed by atoms with van der Waals surface area (Å²) in [5, 5.41) is 30.0. The van der Waals surface area contributed by atoms with Gasteiger partial charge in [0.15, 0.2) is 11.7 Å². The summed E-state index contributed by atoms with van der Waals surface area (Å²) in [6.45, 7) is 1.47. The van der Waals surface area contributed by atoms with E-state index in [2.05, 4.69) is 72.1 Å². The number of imidazole rings is 2. The largest absolute Gasteiger partial charge is 0.481 e. The van der Waals surface area contributed by atoms with Crippen LogP contribution in [-0.2, 0) is 88.0 Å². The number of allylic oxidation sites excluding steroid dienone is 1. The lowest BCUT2D eigenvalue weighted by atomic mass is 9.82. The molecule has 3 saturated heterocycles. The molecule has 35 heteroatoms. The number of fused-ring (bicyclic) bond motifs is 7. The predicted molar refractivity (Wildman–Crippen MR) is 402 cm³/mol. The van der Waals surface area contributed by atoms with Crippen molar-refractivity contribution < 1.29 is 67.4 Å². The van der Waals surface area contributed by atoms with E-state index in [-0.39, 0.29) is 100.0 Å². The van der Waals surface area contributed by atoms with Crippen molar-refractivity contribution >= 4 is 133 Å². The van der Waals surface area contributed by atoms with Gasteiger partial charge in [0.2, 0.25) is 47.3 Å². The SMILES string of the molecule is C[C@@H]1CC(=O)[C@@H]2CSSC[C@H](NC(=O)[C@H](CCCN=C(N)N)NC(=O)[C@H](CCCN)NC(=O)[C@H](CCC(=O)O)NC(=O)[C@H](Cc3cnc[nH]3)CC1=O)C(=O)N1CSC[C@H]1C(=O)N[C@@H](Cc1cnc[nH]1)C(=O)N[C@H](Cc1ccccc1)C(=O)N[C@@H](CC1=CCC=N1)C(=O)C[C@@H](Cc1c[nH]c3ccccc13)C(=O)C2. The fourth-order valence-electron chi connectivity index (χ4n) is 13.1. The van der Waals surface area contributed by atoms with Crippen LogP contribution in [0.2, 0.25) is 0 Å². The molecule has 572 valence electrons. The Morgan fingerprint density at radius 1 is 0.589 bits per heavy atom. The molecule has 9 rings (SSSR count). The molecule has 2 aromatic carbocycles. The lowest BCUT2D eigenvalue weighted by Gasteiger charge is -2.30. The molecule has 0 spiro atoms.